The van der Waals surface area contributed by atoms with Crippen molar-refractivity contribution < 1.29 is 32.3 Å². The van der Waals surface area contributed by atoms with Crippen LogP contribution in [0.15, 0.2) is 53.4 Å². The van der Waals surface area contributed by atoms with Crippen LogP contribution in [0, 0.1) is 0 Å². The van der Waals surface area contributed by atoms with E-state index in [2.05, 4.69) is 14.8 Å². The van der Waals surface area contributed by atoms with Crippen LogP contribution in [0.4, 0.5) is 5.69 Å². The number of esters is 2. The third-order valence-corrected chi connectivity index (χ3v) is 5.33. The lowest BCUT2D eigenvalue weighted by molar-refractivity contribution is -0.144. The van der Waals surface area contributed by atoms with E-state index in [1.54, 1.807) is 24.3 Å². The van der Waals surface area contributed by atoms with Gasteiger partial charge in [-0.1, -0.05) is 12.1 Å². The zero-order valence-electron chi connectivity index (χ0n) is 16.5. The van der Waals surface area contributed by atoms with Crippen LogP contribution < -0.4 is 10.0 Å². The predicted molar refractivity (Wildman–Crippen MR) is 108 cm³/mol. The molecule has 0 aliphatic rings. The maximum absolute atomic E-state index is 12.3. The largest absolute Gasteiger partial charge is 0.465 e. The van der Waals surface area contributed by atoms with Gasteiger partial charge >= 0.3 is 11.9 Å². The van der Waals surface area contributed by atoms with Crippen molar-refractivity contribution in [2.75, 3.05) is 19.0 Å². The van der Waals surface area contributed by atoms with E-state index in [1.807, 2.05) is 0 Å². The number of hydrogen-bond donors (Lipinski definition) is 2. The Hall–Kier alpha value is -3.24. The van der Waals surface area contributed by atoms with Crippen LogP contribution >= 0.6 is 0 Å². The number of ether oxygens (including phenoxy) is 2. The summed E-state index contributed by atoms with van der Waals surface area (Å²) < 4.78 is 36.6. The number of rotatable bonds is 9. The molecule has 2 N–H and O–H groups in total. The van der Waals surface area contributed by atoms with Crippen molar-refractivity contribution in [3.05, 3.63) is 59.7 Å². The Bertz CT molecular complexity index is 1020. The second kappa shape index (κ2) is 10.5. The van der Waals surface area contributed by atoms with E-state index in [0.717, 1.165) is 0 Å². The highest BCUT2D eigenvalue weighted by Crippen LogP contribution is 2.14. The van der Waals surface area contributed by atoms with E-state index in [0.29, 0.717) is 16.8 Å². The molecule has 0 aliphatic carbocycles. The number of benzene rings is 2. The Balaban J connectivity index is 1.82. The molecular weight excluding hydrogens is 412 g/mol. The van der Waals surface area contributed by atoms with Crippen LogP contribution in [0.5, 0.6) is 0 Å². The van der Waals surface area contributed by atoms with E-state index in [-0.39, 0.29) is 30.4 Å². The summed E-state index contributed by atoms with van der Waals surface area (Å²) >= 11 is 0. The first-order valence-corrected chi connectivity index (χ1v) is 10.4. The van der Waals surface area contributed by atoms with Gasteiger partial charge in [-0.3, -0.25) is 9.59 Å². The first-order valence-electron chi connectivity index (χ1n) is 8.91. The van der Waals surface area contributed by atoms with Crippen molar-refractivity contribution in [2.45, 2.75) is 24.8 Å². The summed E-state index contributed by atoms with van der Waals surface area (Å²) in [5.74, 6) is -1.36. The Morgan fingerprint density at radius 1 is 1.03 bits per heavy atom. The minimum absolute atomic E-state index is 0.00425. The van der Waals surface area contributed by atoms with E-state index in [9.17, 15) is 22.8 Å². The molecule has 0 radical (unpaired) electrons. The van der Waals surface area contributed by atoms with E-state index < -0.39 is 22.0 Å². The van der Waals surface area contributed by atoms with E-state index >= 15 is 0 Å². The summed E-state index contributed by atoms with van der Waals surface area (Å²) in [6, 6.07) is 12.1. The first-order chi connectivity index (χ1) is 14.2. The third kappa shape index (κ3) is 6.98. The van der Waals surface area contributed by atoms with Crippen molar-refractivity contribution in [2.24, 2.45) is 0 Å². The van der Waals surface area contributed by atoms with Crippen LogP contribution in [-0.2, 0) is 35.7 Å². The second-order valence-corrected chi connectivity index (χ2v) is 7.97. The average molecular weight is 434 g/mol. The van der Waals surface area contributed by atoms with Crippen LogP contribution in [0.3, 0.4) is 0 Å². The lowest BCUT2D eigenvalue weighted by Gasteiger charge is -2.09. The fraction of sp³-hybridized carbons (Fsp3) is 0.250. The van der Waals surface area contributed by atoms with E-state index in [4.69, 9.17) is 4.74 Å². The molecule has 2 aromatic rings. The van der Waals surface area contributed by atoms with E-state index in [1.165, 1.54) is 38.3 Å². The van der Waals surface area contributed by atoms with Crippen molar-refractivity contribution >= 4 is 33.6 Å². The van der Waals surface area contributed by atoms with Gasteiger partial charge in [0.25, 0.3) is 0 Å². The Morgan fingerprint density at radius 2 is 1.73 bits per heavy atom. The standard InChI is InChI=1S/C20H22N2O7S/c1-14(23)22-17-6-8-18(9-7-17)30(26,27)21-11-10-19(24)29-13-15-4-3-5-16(12-15)20(25)28-2/h3-9,12,21H,10-11,13H2,1-2H3,(H,22,23). The van der Waals surface area contributed by atoms with Gasteiger partial charge in [0.15, 0.2) is 0 Å². The molecule has 0 atom stereocenters. The molecule has 0 bridgehead atoms. The molecule has 2 rings (SSSR count). The molecule has 2 aromatic carbocycles. The highest BCUT2D eigenvalue weighted by atomic mass is 32.2. The molecule has 0 aromatic heterocycles. The van der Waals surface area contributed by atoms with Gasteiger partial charge in [0.1, 0.15) is 6.61 Å². The molecule has 1 amide bonds. The highest BCUT2D eigenvalue weighted by molar-refractivity contribution is 7.89. The lowest BCUT2D eigenvalue weighted by atomic mass is 10.1. The number of methoxy groups -OCH3 is 1. The molecule has 9 nitrogen and oxygen atoms in total. The number of amides is 1. The molecular formula is C20H22N2O7S. The number of carbonyl (C=O) groups is 3. The maximum atomic E-state index is 12.3. The summed E-state index contributed by atoms with van der Waals surface area (Å²) in [4.78, 5) is 34.4. The molecule has 0 spiro atoms. The molecule has 0 saturated carbocycles. The van der Waals surface area contributed by atoms with Crippen molar-refractivity contribution in [1.82, 2.24) is 4.72 Å². The van der Waals surface area contributed by atoms with Crippen LogP contribution in [-0.4, -0.2) is 39.9 Å². The lowest BCUT2D eigenvalue weighted by Crippen LogP contribution is -2.26. The van der Waals surface area contributed by atoms with Gasteiger partial charge < -0.3 is 14.8 Å². The monoisotopic (exact) mass is 434 g/mol. The number of sulfonamides is 1. The van der Waals surface area contributed by atoms with Gasteiger partial charge in [0.2, 0.25) is 15.9 Å². The predicted octanol–water partition coefficient (Wildman–Crippen LogP) is 1.84. The van der Waals surface area contributed by atoms with Crippen LogP contribution in [0.25, 0.3) is 0 Å². The van der Waals surface area contributed by atoms with Gasteiger partial charge in [0, 0.05) is 19.2 Å². The number of hydrogen-bond acceptors (Lipinski definition) is 7. The van der Waals surface area contributed by atoms with Gasteiger partial charge in [-0.15, -0.1) is 0 Å². The van der Waals surface area contributed by atoms with Gasteiger partial charge in [-0.25, -0.2) is 17.9 Å². The molecule has 0 fully saturated rings. The smallest absolute Gasteiger partial charge is 0.337 e. The highest BCUT2D eigenvalue weighted by Gasteiger charge is 2.15. The van der Waals surface area contributed by atoms with Gasteiger partial charge in [0.05, 0.1) is 24.0 Å². The van der Waals surface area contributed by atoms with Gasteiger partial charge in [-0.05, 0) is 42.0 Å². The van der Waals surface area contributed by atoms with Crippen LogP contribution in [0.2, 0.25) is 0 Å². The fourth-order valence-corrected chi connectivity index (χ4v) is 3.47. The topological polar surface area (TPSA) is 128 Å². The minimum Gasteiger partial charge on any atom is -0.465 e. The molecule has 0 unspecified atom stereocenters. The average Bonchev–Trinajstić information content (AvgIpc) is 2.71. The molecule has 0 heterocycles. The summed E-state index contributed by atoms with van der Waals surface area (Å²) in [5, 5.41) is 2.54. The first kappa shape index (κ1) is 23.0. The number of nitrogens with one attached hydrogen (secondary N) is 2. The molecule has 0 saturated heterocycles. The van der Waals surface area contributed by atoms with Crippen molar-refractivity contribution in [3.8, 4) is 0 Å². The Kier molecular flexibility index (Phi) is 8.07. The van der Waals surface area contributed by atoms with Crippen molar-refractivity contribution in [1.29, 1.82) is 0 Å². The Labute approximate surface area is 174 Å². The molecule has 10 heteroatoms. The quantitative estimate of drug-likeness (QED) is 0.576. The summed E-state index contributed by atoms with van der Waals surface area (Å²) in [5.41, 5.74) is 1.41. The zero-order chi connectivity index (χ0) is 22.1. The Morgan fingerprint density at radius 3 is 2.37 bits per heavy atom. The van der Waals surface area contributed by atoms with Crippen LogP contribution in [0.1, 0.15) is 29.3 Å². The maximum Gasteiger partial charge on any atom is 0.337 e. The third-order valence-electron chi connectivity index (χ3n) is 3.85. The number of carbonyl (C=O) groups excluding carboxylic acids is 3. The number of anilines is 1. The molecule has 160 valence electrons. The molecule has 30 heavy (non-hydrogen) atoms. The van der Waals surface area contributed by atoms with Crippen molar-refractivity contribution in [3.63, 3.8) is 0 Å². The molecule has 0 aliphatic heterocycles. The SMILES string of the molecule is COC(=O)c1cccc(COC(=O)CCNS(=O)(=O)c2ccc(NC(C)=O)cc2)c1. The summed E-state index contributed by atoms with van der Waals surface area (Å²) in [7, 11) is -2.54. The minimum atomic E-state index is -3.81. The summed E-state index contributed by atoms with van der Waals surface area (Å²) in [6.45, 7) is 1.15. The normalized spacial score (nSPS) is 10.9. The zero-order valence-corrected chi connectivity index (χ0v) is 17.3. The second-order valence-electron chi connectivity index (χ2n) is 6.21. The summed E-state index contributed by atoms with van der Waals surface area (Å²) in [6.07, 6.45) is -0.167. The van der Waals surface area contributed by atoms with Gasteiger partial charge in [-0.2, -0.15) is 0 Å². The fourth-order valence-electron chi connectivity index (χ4n) is 2.43.